The molecule has 0 saturated carbocycles. The molecule has 3 aromatic rings. The van der Waals surface area contributed by atoms with Gasteiger partial charge in [-0.1, -0.05) is 66.7 Å². The van der Waals surface area contributed by atoms with Crippen LogP contribution < -0.4 is 5.32 Å². The van der Waals surface area contributed by atoms with Gasteiger partial charge in [0, 0.05) is 38.7 Å². The van der Waals surface area contributed by atoms with Crippen molar-refractivity contribution >= 4 is 21.8 Å². The molecule has 1 fully saturated rings. The van der Waals surface area contributed by atoms with Crippen molar-refractivity contribution in [2.75, 3.05) is 26.2 Å². The summed E-state index contributed by atoms with van der Waals surface area (Å²) in [4.78, 5) is 26.5. The van der Waals surface area contributed by atoms with Crippen LogP contribution in [0.3, 0.4) is 0 Å². The largest absolute Gasteiger partial charge is 0.345 e. The quantitative estimate of drug-likeness (QED) is 0.550. The minimum atomic E-state index is -3.78. The number of nitrogens with zero attached hydrogens (tertiary/aromatic N) is 2. The Morgan fingerprint density at radius 1 is 0.857 bits per heavy atom. The fraction of sp³-hybridized carbons (Fsp3) is 0.259. The summed E-state index contributed by atoms with van der Waals surface area (Å²) in [5, 5.41) is 3.08. The summed E-state index contributed by atoms with van der Waals surface area (Å²) < 4.78 is 27.8. The van der Waals surface area contributed by atoms with Gasteiger partial charge in [0.25, 0.3) is 5.91 Å². The molecule has 0 aliphatic carbocycles. The standard InChI is InChI=1S/C27H29N3O4S/c1-21(31)29-15-17-30(18-16-29)35(33,34)25-14-8-13-24(20-25)27(32)28-26(23-11-6-3-7-12-23)19-22-9-4-2-5-10-22/h2-14,20,26H,15-19H2,1H3,(H,28,32)/t26-/m1/s1. The molecule has 0 radical (unpaired) electrons. The Bertz CT molecular complexity index is 1270. The van der Waals surface area contributed by atoms with Crippen molar-refractivity contribution in [1.29, 1.82) is 0 Å². The molecule has 1 N–H and O–H groups in total. The number of piperazine rings is 1. The summed E-state index contributed by atoms with van der Waals surface area (Å²) in [6.45, 7) is 2.64. The van der Waals surface area contributed by atoms with E-state index in [4.69, 9.17) is 0 Å². The van der Waals surface area contributed by atoms with Gasteiger partial charge in [0.05, 0.1) is 10.9 Å². The van der Waals surface area contributed by atoms with E-state index < -0.39 is 10.0 Å². The number of rotatable bonds is 7. The Labute approximate surface area is 206 Å². The lowest BCUT2D eigenvalue weighted by atomic mass is 9.98. The molecular formula is C27H29N3O4S. The molecule has 3 aromatic carbocycles. The summed E-state index contributed by atoms with van der Waals surface area (Å²) in [5.41, 5.74) is 2.34. The molecule has 0 spiro atoms. The van der Waals surface area contributed by atoms with Crippen LogP contribution in [-0.2, 0) is 21.2 Å². The average molecular weight is 492 g/mol. The van der Waals surface area contributed by atoms with E-state index >= 15 is 0 Å². The lowest BCUT2D eigenvalue weighted by Crippen LogP contribution is -2.49. The van der Waals surface area contributed by atoms with E-state index in [1.54, 1.807) is 17.0 Å². The lowest BCUT2D eigenvalue weighted by Gasteiger charge is -2.33. The Morgan fingerprint density at radius 2 is 1.49 bits per heavy atom. The first-order valence-electron chi connectivity index (χ1n) is 11.6. The number of nitrogens with one attached hydrogen (secondary N) is 1. The van der Waals surface area contributed by atoms with Gasteiger partial charge in [-0.25, -0.2) is 8.42 Å². The third kappa shape index (κ3) is 5.96. The van der Waals surface area contributed by atoms with Crippen molar-refractivity contribution < 1.29 is 18.0 Å². The van der Waals surface area contributed by atoms with E-state index in [1.807, 2.05) is 60.7 Å². The van der Waals surface area contributed by atoms with Crippen LogP contribution in [0.5, 0.6) is 0 Å². The molecule has 8 heteroatoms. The molecule has 1 heterocycles. The third-order valence-corrected chi connectivity index (χ3v) is 8.10. The van der Waals surface area contributed by atoms with Crippen molar-refractivity contribution in [3.05, 3.63) is 102 Å². The normalized spacial score (nSPS) is 15.4. The molecule has 4 rings (SSSR count). The van der Waals surface area contributed by atoms with Gasteiger partial charge >= 0.3 is 0 Å². The summed E-state index contributed by atoms with van der Waals surface area (Å²) in [6.07, 6.45) is 0.606. The van der Waals surface area contributed by atoms with Crippen LogP contribution in [-0.4, -0.2) is 55.6 Å². The Hall–Kier alpha value is -3.49. The molecule has 182 valence electrons. The molecule has 0 bridgehead atoms. The predicted molar refractivity (Wildman–Crippen MR) is 134 cm³/mol. The number of sulfonamides is 1. The Morgan fingerprint density at radius 3 is 2.11 bits per heavy atom. The van der Waals surface area contributed by atoms with Gasteiger partial charge < -0.3 is 10.2 Å². The van der Waals surface area contributed by atoms with Gasteiger partial charge in [0.2, 0.25) is 15.9 Å². The van der Waals surface area contributed by atoms with Crippen LogP contribution in [0.1, 0.15) is 34.5 Å². The second-order valence-electron chi connectivity index (χ2n) is 8.56. The molecule has 2 amide bonds. The topological polar surface area (TPSA) is 86.8 Å². The molecule has 7 nitrogen and oxygen atoms in total. The third-order valence-electron chi connectivity index (χ3n) is 6.21. The molecular weight excluding hydrogens is 462 g/mol. The van der Waals surface area contributed by atoms with Crippen LogP contribution in [0.25, 0.3) is 0 Å². The first-order valence-corrected chi connectivity index (χ1v) is 13.0. The van der Waals surface area contributed by atoms with Crippen LogP contribution in [0.2, 0.25) is 0 Å². The summed E-state index contributed by atoms with van der Waals surface area (Å²) in [6, 6.07) is 25.5. The minimum Gasteiger partial charge on any atom is -0.345 e. The van der Waals surface area contributed by atoms with E-state index in [1.165, 1.54) is 23.4 Å². The maximum Gasteiger partial charge on any atom is 0.251 e. The zero-order chi connectivity index (χ0) is 24.8. The number of hydrogen-bond donors (Lipinski definition) is 1. The molecule has 1 aliphatic rings. The monoisotopic (exact) mass is 491 g/mol. The average Bonchev–Trinajstić information content (AvgIpc) is 2.89. The minimum absolute atomic E-state index is 0.0656. The first kappa shape index (κ1) is 24.6. The van der Waals surface area contributed by atoms with Crippen LogP contribution >= 0.6 is 0 Å². The highest BCUT2D eigenvalue weighted by Gasteiger charge is 2.30. The number of amides is 2. The smallest absolute Gasteiger partial charge is 0.251 e. The predicted octanol–water partition coefficient (Wildman–Crippen LogP) is 3.25. The SMILES string of the molecule is CC(=O)N1CCN(S(=O)(=O)c2cccc(C(=O)N[C@H](Cc3ccccc3)c3ccccc3)c2)CC1. The Kier molecular flexibility index (Phi) is 7.63. The van der Waals surface area contributed by atoms with Crippen molar-refractivity contribution in [2.45, 2.75) is 24.3 Å². The van der Waals surface area contributed by atoms with Gasteiger partial charge in [-0.2, -0.15) is 4.31 Å². The highest BCUT2D eigenvalue weighted by molar-refractivity contribution is 7.89. The lowest BCUT2D eigenvalue weighted by molar-refractivity contribution is -0.129. The maximum absolute atomic E-state index is 13.2. The number of benzene rings is 3. The van der Waals surface area contributed by atoms with Gasteiger partial charge in [0.1, 0.15) is 0 Å². The molecule has 0 unspecified atom stereocenters. The van der Waals surface area contributed by atoms with Crippen molar-refractivity contribution in [1.82, 2.24) is 14.5 Å². The molecule has 1 aliphatic heterocycles. The number of carbonyl (C=O) groups is 2. The van der Waals surface area contributed by atoms with Gasteiger partial charge in [-0.15, -0.1) is 0 Å². The Balaban J connectivity index is 1.53. The fourth-order valence-corrected chi connectivity index (χ4v) is 5.69. The van der Waals surface area contributed by atoms with E-state index in [0.717, 1.165) is 11.1 Å². The van der Waals surface area contributed by atoms with Crippen molar-refractivity contribution in [2.24, 2.45) is 0 Å². The van der Waals surface area contributed by atoms with Gasteiger partial charge in [0.15, 0.2) is 0 Å². The van der Waals surface area contributed by atoms with Gasteiger partial charge in [-0.3, -0.25) is 9.59 Å². The van der Waals surface area contributed by atoms with Gasteiger partial charge in [-0.05, 0) is 35.7 Å². The van der Waals surface area contributed by atoms with E-state index in [-0.39, 0.29) is 41.4 Å². The second-order valence-corrected chi connectivity index (χ2v) is 10.5. The molecule has 0 aromatic heterocycles. The second kappa shape index (κ2) is 10.8. The van der Waals surface area contributed by atoms with E-state index in [0.29, 0.717) is 19.5 Å². The highest BCUT2D eigenvalue weighted by atomic mass is 32.2. The zero-order valence-corrected chi connectivity index (χ0v) is 20.4. The number of hydrogen-bond acceptors (Lipinski definition) is 4. The summed E-state index contributed by atoms with van der Waals surface area (Å²) in [5.74, 6) is -0.405. The van der Waals surface area contributed by atoms with Crippen LogP contribution in [0.15, 0.2) is 89.8 Å². The first-order chi connectivity index (χ1) is 16.8. The van der Waals surface area contributed by atoms with Crippen molar-refractivity contribution in [3.8, 4) is 0 Å². The van der Waals surface area contributed by atoms with E-state index in [2.05, 4.69) is 5.32 Å². The molecule has 1 saturated heterocycles. The molecule has 35 heavy (non-hydrogen) atoms. The summed E-state index contributed by atoms with van der Waals surface area (Å²) in [7, 11) is -3.78. The maximum atomic E-state index is 13.2. The van der Waals surface area contributed by atoms with Crippen molar-refractivity contribution in [3.63, 3.8) is 0 Å². The highest BCUT2D eigenvalue weighted by Crippen LogP contribution is 2.22. The van der Waals surface area contributed by atoms with E-state index in [9.17, 15) is 18.0 Å². The zero-order valence-electron chi connectivity index (χ0n) is 19.6. The van der Waals surface area contributed by atoms with Crippen LogP contribution in [0, 0.1) is 0 Å². The fourth-order valence-electron chi connectivity index (χ4n) is 4.22. The number of carbonyl (C=O) groups excluding carboxylic acids is 2. The van der Waals surface area contributed by atoms with Crippen LogP contribution in [0.4, 0.5) is 0 Å². The summed E-state index contributed by atoms with van der Waals surface area (Å²) >= 11 is 0. The molecule has 1 atom stereocenters.